The molecule has 1 aromatic carbocycles. The summed E-state index contributed by atoms with van der Waals surface area (Å²) in [6, 6.07) is 13.8. The van der Waals surface area contributed by atoms with Crippen LogP contribution in [0.5, 0.6) is 0 Å². The van der Waals surface area contributed by atoms with Crippen molar-refractivity contribution in [2.75, 3.05) is 20.2 Å². The number of hydrogen-bond acceptors (Lipinski definition) is 4. The molecule has 0 N–H and O–H groups in total. The fourth-order valence-electron chi connectivity index (χ4n) is 2.86. The highest BCUT2D eigenvalue weighted by atomic mass is 16.6. The molecule has 1 aliphatic heterocycles. The Balaban J connectivity index is 1.55. The van der Waals surface area contributed by atoms with E-state index in [-0.39, 0.29) is 12.2 Å². The van der Waals surface area contributed by atoms with Crippen LogP contribution in [0.15, 0.2) is 54.7 Å². The van der Waals surface area contributed by atoms with Gasteiger partial charge in [0.2, 0.25) is 0 Å². The number of amides is 1. The molecule has 5 nitrogen and oxygen atoms in total. The molecule has 1 aliphatic rings. The van der Waals surface area contributed by atoms with Crippen molar-refractivity contribution in [2.45, 2.75) is 26.1 Å². The molecule has 0 aliphatic carbocycles. The van der Waals surface area contributed by atoms with E-state index in [1.54, 1.807) is 12.0 Å². The number of rotatable bonds is 5. The van der Waals surface area contributed by atoms with Gasteiger partial charge in [0.25, 0.3) is 0 Å². The van der Waals surface area contributed by atoms with Crippen LogP contribution in [0.1, 0.15) is 36.3 Å². The molecule has 2 heterocycles. The quantitative estimate of drug-likeness (QED) is 0.809. The van der Waals surface area contributed by atoms with Crippen LogP contribution in [0.25, 0.3) is 5.57 Å². The van der Waals surface area contributed by atoms with Gasteiger partial charge >= 0.3 is 6.09 Å². The van der Waals surface area contributed by atoms with Gasteiger partial charge in [-0.3, -0.25) is 4.98 Å². The summed E-state index contributed by atoms with van der Waals surface area (Å²) in [5, 5.41) is 0. The second-order valence-electron chi connectivity index (χ2n) is 6.32. The standard InChI is InChI=1S/C21H24N2O3/c1-16(25-2)20-9-8-19(14-22-20)18-10-12-23(13-11-18)21(24)26-15-17-6-4-3-5-7-17/h3-10,14,16H,11-13,15H2,1-2H3/t16-/m0/s1. The smallest absolute Gasteiger partial charge is 0.410 e. The molecule has 0 bridgehead atoms. The molecule has 1 atom stereocenters. The third-order valence-corrected chi connectivity index (χ3v) is 4.60. The van der Waals surface area contributed by atoms with Crippen molar-refractivity contribution in [1.29, 1.82) is 0 Å². The topological polar surface area (TPSA) is 51.7 Å². The molecule has 1 aromatic heterocycles. The van der Waals surface area contributed by atoms with Gasteiger partial charge in [-0.05, 0) is 36.1 Å². The van der Waals surface area contributed by atoms with Gasteiger partial charge in [-0.15, -0.1) is 0 Å². The van der Waals surface area contributed by atoms with E-state index in [0.717, 1.165) is 23.2 Å². The Morgan fingerprint density at radius 2 is 2.04 bits per heavy atom. The molecule has 136 valence electrons. The Bertz CT molecular complexity index is 757. The van der Waals surface area contributed by atoms with Crippen molar-refractivity contribution in [3.63, 3.8) is 0 Å². The van der Waals surface area contributed by atoms with E-state index in [2.05, 4.69) is 17.1 Å². The molecule has 0 unspecified atom stereocenters. The molecular formula is C21H24N2O3. The number of carbonyl (C=O) groups excluding carboxylic acids is 1. The summed E-state index contributed by atoms with van der Waals surface area (Å²) in [5.74, 6) is 0. The minimum atomic E-state index is -0.272. The maximum atomic E-state index is 12.2. The van der Waals surface area contributed by atoms with Crippen LogP contribution in [0, 0.1) is 0 Å². The monoisotopic (exact) mass is 352 g/mol. The zero-order valence-corrected chi connectivity index (χ0v) is 15.2. The minimum Gasteiger partial charge on any atom is -0.445 e. The predicted molar refractivity (Wildman–Crippen MR) is 100 cm³/mol. The highest BCUT2D eigenvalue weighted by Gasteiger charge is 2.19. The normalized spacial score (nSPS) is 15.3. The lowest BCUT2D eigenvalue weighted by atomic mass is 10.0. The van der Waals surface area contributed by atoms with E-state index in [1.165, 1.54) is 5.57 Å². The Hall–Kier alpha value is -2.66. The second kappa shape index (κ2) is 8.63. The van der Waals surface area contributed by atoms with Gasteiger partial charge in [-0.2, -0.15) is 0 Å². The van der Waals surface area contributed by atoms with Crippen molar-refractivity contribution in [2.24, 2.45) is 0 Å². The van der Waals surface area contributed by atoms with Gasteiger partial charge < -0.3 is 14.4 Å². The van der Waals surface area contributed by atoms with E-state index in [4.69, 9.17) is 9.47 Å². The second-order valence-corrected chi connectivity index (χ2v) is 6.32. The third-order valence-electron chi connectivity index (χ3n) is 4.60. The third kappa shape index (κ3) is 4.49. The number of aromatic nitrogens is 1. The zero-order valence-electron chi connectivity index (χ0n) is 15.2. The van der Waals surface area contributed by atoms with Crippen molar-refractivity contribution in [3.8, 4) is 0 Å². The molecule has 0 spiro atoms. The highest BCUT2D eigenvalue weighted by molar-refractivity contribution is 5.72. The van der Waals surface area contributed by atoms with E-state index in [1.807, 2.05) is 49.5 Å². The fourth-order valence-corrected chi connectivity index (χ4v) is 2.86. The van der Waals surface area contributed by atoms with Crippen LogP contribution in [0.2, 0.25) is 0 Å². The molecule has 0 fully saturated rings. The highest BCUT2D eigenvalue weighted by Crippen LogP contribution is 2.23. The van der Waals surface area contributed by atoms with Crippen molar-refractivity contribution >= 4 is 11.7 Å². The van der Waals surface area contributed by atoms with Gasteiger partial charge in [-0.1, -0.05) is 42.5 Å². The average Bonchev–Trinajstić information content (AvgIpc) is 2.72. The number of carbonyl (C=O) groups is 1. The summed E-state index contributed by atoms with van der Waals surface area (Å²) in [7, 11) is 1.68. The predicted octanol–water partition coefficient (Wildman–Crippen LogP) is 4.21. The van der Waals surface area contributed by atoms with Crippen LogP contribution < -0.4 is 0 Å². The number of pyridine rings is 1. The van der Waals surface area contributed by atoms with Gasteiger partial charge in [0.05, 0.1) is 11.8 Å². The largest absolute Gasteiger partial charge is 0.445 e. The molecule has 0 saturated heterocycles. The number of benzene rings is 1. The minimum absolute atomic E-state index is 0.0146. The van der Waals surface area contributed by atoms with Gasteiger partial charge in [-0.25, -0.2) is 4.79 Å². The van der Waals surface area contributed by atoms with Crippen molar-refractivity contribution < 1.29 is 14.3 Å². The lowest BCUT2D eigenvalue weighted by molar-refractivity contribution is 0.0998. The molecular weight excluding hydrogens is 328 g/mol. The van der Waals surface area contributed by atoms with Gasteiger partial charge in [0.15, 0.2) is 0 Å². The van der Waals surface area contributed by atoms with E-state index >= 15 is 0 Å². The maximum absolute atomic E-state index is 12.2. The van der Waals surface area contributed by atoms with Crippen LogP contribution in [-0.4, -0.2) is 36.2 Å². The lowest BCUT2D eigenvalue weighted by Gasteiger charge is -2.26. The maximum Gasteiger partial charge on any atom is 0.410 e. The first kappa shape index (κ1) is 18.1. The SMILES string of the molecule is CO[C@@H](C)c1ccc(C2=CCN(C(=O)OCc3ccccc3)CC2)cn1. The zero-order chi connectivity index (χ0) is 18.4. The molecule has 1 amide bonds. The Morgan fingerprint density at radius 1 is 1.23 bits per heavy atom. The average molecular weight is 352 g/mol. The van der Waals surface area contributed by atoms with E-state index < -0.39 is 0 Å². The first-order valence-corrected chi connectivity index (χ1v) is 8.81. The number of nitrogens with zero attached hydrogens (tertiary/aromatic N) is 2. The number of ether oxygens (including phenoxy) is 2. The molecule has 0 radical (unpaired) electrons. The van der Waals surface area contributed by atoms with Gasteiger partial charge in [0.1, 0.15) is 6.61 Å². The van der Waals surface area contributed by atoms with Crippen molar-refractivity contribution in [1.82, 2.24) is 9.88 Å². The van der Waals surface area contributed by atoms with Crippen LogP contribution in [-0.2, 0) is 16.1 Å². The number of methoxy groups -OCH3 is 1. The first-order chi connectivity index (χ1) is 12.7. The number of hydrogen-bond donors (Lipinski definition) is 0. The summed E-state index contributed by atoms with van der Waals surface area (Å²) in [6.07, 6.45) is 4.45. The molecule has 5 heteroatoms. The van der Waals surface area contributed by atoms with E-state index in [9.17, 15) is 4.79 Å². The Morgan fingerprint density at radius 3 is 2.65 bits per heavy atom. The van der Waals surface area contributed by atoms with Gasteiger partial charge in [0, 0.05) is 26.4 Å². The summed E-state index contributed by atoms with van der Waals surface area (Å²) in [5.41, 5.74) is 4.21. The summed E-state index contributed by atoms with van der Waals surface area (Å²) >= 11 is 0. The first-order valence-electron chi connectivity index (χ1n) is 8.81. The molecule has 26 heavy (non-hydrogen) atoms. The Labute approximate surface area is 154 Å². The van der Waals surface area contributed by atoms with Crippen LogP contribution in [0.4, 0.5) is 4.79 Å². The summed E-state index contributed by atoms with van der Waals surface area (Å²) in [6.45, 7) is 3.48. The van der Waals surface area contributed by atoms with Crippen LogP contribution >= 0.6 is 0 Å². The molecule has 3 rings (SSSR count). The Kier molecular flexibility index (Phi) is 6.02. The molecule has 2 aromatic rings. The fraction of sp³-hybridized carbons (Fsp3) is 0.333. The lowest BCUT2D eigenvalue weighted by Crippen LogP contribution is -2.35. The summed E-state index contributed by atoms with van der Waals surface area (Å²) in [4.78, 5) is 18.4. The molecule has 0 saturated carbocycles. The summed E-state index contributed by atoms with van der Waals surface area (Å²) < 4.78 is 10.7. The van der Waals surface area contributed by atoms with E-state index in [0.29, 0.717) is 19.7 Å². The van der Waals surface area contributed by atoms with Crippen molar-refractivity contribution in [3.05, 3.63) is 71.6 Å². The van der Waals surface area contributed by atoms with Crippen LogP contribution in [0.3, 0.4) is 0 Å².